The molecule has 0 aromatic rings. The van der Waals surface area contributed by atoms with E-state index in [1.807, 2.05) is 0 Å². The van der Waals surface area contributed by atoms with Gasteiger partial charge in [-0.1, -0.05) is 6.42 Å². The lowest BCUT2D eigenvalue weighted by Gasteiger charge is -2.63. The van der Waals surface area contributed by atoms with Gasteiger partial charge in [0.1, 0.15) is 0 Å². The number of nitrogens with one attached hydrogen (secondary N) is 2. The van der Waals surface area contributed by atoms with Gasteiger partial charge in [-0.2, -0.15) is 0 Å². The minimum absolute atomic E-state index is 0. The van der Waals surface area contributed by atoms with Gasteiger partial charge in [-0.25, -0.2) is 0 Å². The minimum atomic E-state index is 0. The maximum Gasteiger partial charge on any atom is 0.191 e. The van der Waals surface area contributed by atoms with E-state index in [0.717, 1.165) is 45.4 Å². The Morgan fingerprint density at radius 3 is 2.59 bits per heavy atom. The summed E-state index contributed by atoms with van der Waals surface area (Å²) in [6.45, 7) is 12.3. The predicted molar refractivity (Wildman–Crippen MR) is 128 cm³/mol. The van der Waals surface area contributed by atoms with E-state index in [-0.39, 0.29) is 24.0 Å². The third-order valence-corrected chi connectivity index (χ3v) is 7.43. The molecule has 0 aromatic heterocycles. The first kappa shape index (κ1) is 23.5. The molecule has 2 saturated heterocycles. The molecular weight excluding hydrogens is 479 g/mol. The molecule has 2 N–H and O–H groups in total. The van der Waals surface area contributed by atoms with Crippen LogP contribution in [0.5, 0.6) is 0 Å². The predicted octanol–water partition coefficient (Wildman–Crippen LogP) is 3.01. The fourth-order valence-corrected chi connectivity index (χ4v) is 5.81. The lowest BCUT2D eigenvalue weighted by molar-refractivity contribution is -0.171. The molecule has 2 aliphatic carbocycles. The number of fused-ring (bicyclic) bond motifs is 2. The standard InChI is InChI=1S/C22H40N4O2.HI/c1-4-23-21(24-17-6-11-26(12-7-17)13-15-27-16(2)3)25-19-18-8-14-28-20(18)22(19)9-5-10-22;/h16-20H,4-15H2,1-3H3,(H2,23,24,25);1H. The number of aliphatic imine (C=N–C) groups is 1. The number of likely N-dealkylation sites (tertiary alicyclic amines) is 1. The number of hydrogen-bond donors (Lipinski definition) is 2. The molecule has 168 valence electrons. The lowest BCUT2D eigenvalue weighted by atomic mass is 9.46. The van der Waals surface area contributed by atoms with E-state index in [1.54, 1.807) is 0 Å². The van der Waals surface area contributed by atoms with Crippen LogP contribution in [0.2, 0.25) is 0 Å². The van der Waals surface area contributed by atoms with Gasteiger partial charge >= 0.3 is 0 Å². The van der Waals surface area contributed by atoms with Crippen molar-refractivity contribution in [1.29, 1.82) is 0 Å². The van der Waals surface area contributed by atoms with Crippen LogP contribution in [-0.4, -0.2) is 74.5 Å². The molecule has 6 nitrogen and oxygen atoms in total. The monoisotopic (exact) mass is 520 g/mol. The zero-order valence-corrected chi connectivity index (χ0v) is 20.8. The summed E-state index contributed by atoms with van der Waals surface area (Å²) in [7, 11) is 0. The molecule has 1 spiro atoms. The first-order chi connectivity index (χ1) is 13.6. The van der Waals surface area contributed by atoms with Crippen LogP contribution in [0.1, 0.15) is 59.3 Å². The summed E-state index contributed by atoms with van der Waals surface area (Å²) in [6, 6.07) is 1.08. The highest BCUT2D eigenvalue weighted by atomic mass is 127. The average molecular weight is 521 g/mol. The van der Waals surface area contributed by atoms with Gasteiger partial charge in [0.2, 0.25) is 0 Å². The summed E-state index contributed by atoms with van der Waals surface area (Å²) in [5.41, 5.74) is 0.400. The van der Waals surface area contributed by atoms with Crippen LogP contribution in [-0.2, 0) is 9.47 Å². The highest BCUT2D eigenvalue weighted by molar-refractivity contribution is 14.0. The maximum atomic E-state index is 6.07. The van der Waals surface area contributed by atoms with Gasteiger partial charge < -0.3 is 25.0 Å². The summed E-state index contributed by atoms with van der Waals surface area (Å²) in [5.74, 6) is 1.72. The van der Waals surface area contributed by atoms with Crippen molar-refractivity contribution in [3.8, 4) is 0 Å². The third-order valence-electron chi connectivity index (χ3n) is 7.43. The molecule has 2 saturated carbocycles. The van der Waals surface area contributed by atoms with Crippen LogP contribution in [0.3, 0.4) is 0 Å². The molecule has 3 unspecified atom stereocenters. The Bertz CT molecular complexity index is 547. The largest absolute Gasteiger partial charge is 0.377 e. The third kappa shape index (κ3) is 5.04. The summed E-state index contributed by atoms with van der Waals surface area (Å²) in [6.07, 6.45) is 8.40. The van der Waals surface area contributed by atoms with Gasteiger partial charge in [-0.15, -0.1) is 24.0 Å². The van der Waals surface area contributed by atoms with E-state index in [1.165, 1.54) is 38.5 Å². The highest BCUT2D eigenvalue weighted by Gasteiger charge is 2.66. The van der Waals surface area contributed by atoms with E-state index in [0.29, 0.717) is 35.6 Å². The Hall–Kier alpha value is -0.120. The Morgan fingerprint density at radius 2 is 1.97 bits per heavy atom. The molecule has 0 radical (unpaired) electrons. The number of guanidine groups is 1. The van der Waals surface area contributed by atoms with Gasteiger partial charge in [0.15, 0.2) is 5.96 Å². The molecule has 0 amide bonds. The summed E-state index contributed by atoms with van der Waals surface area (Å²) >= 11 is 0. The second-order valence-corrected chi connectivity index (χ2v) is 9.46. The first-order valence-electron chi connectivity index (χ1n) is 11.7. The van der Waals surface area contributed by atoms with E-state index < -0.39 is 0 Å². The van der Waals surface area contributed by atoms with Crippen molar-refractivity contribution in [2.45, 2.75) is 83.6 Å². The second-order valence-electron chi connectivity index (χ2n) is 9.46. The van der Waals surface area contributed by atoms with E-state index in [9.17, 15) is 0 Å². The van der Waals surface area contributed by atoms with Gasteiger partial charge in [-0.3, -0.25) is 4.99 Å². The summed E-state index contributed by atoms with van der Waals surface area (Å²) < 4.78 is 11.8. The number of rotatable bonds is 7. The fourth-order valence-electron chi connectivity index (χ4n) is 5.81. The molecule has 3 atom stereocenters. The average Bonchev–Trinajstić information content (AvgIpc) is 3.05. The number of hydrogen-bond acceptors (Lipinski definition) is 4. The molecule has 0 bridgehead atoms. The second kappa shape index (κ2) is 10.5. The molecular formula is C22H41IN4O2. The molecule has 4 fully saturated rings. The van der Waals surface area contributed by atoms with Gasteiger partial charge in [0.25, 0.3) is 0 Å². The van der Waals surface area contributed by atoms with Crippen LogP contribution >= 0.6 is 24.0 Å². The van der Waals surface area contributed by atoms with Crippen LogP contribution < -0.4 is 10.6 Å². The van der Waals surface area contributed by atoms with Crippen molar-refractivity contribution < 1.29 is 9.47 Å². The SMILES string of the molecule is CCN=C(NC1CCN(CCOC(C)C)CC1)NC1C2CCOC2C12CCC2.I. The lowest BCUT2D eigenvalue weighted by Crippen LogP contribution is -2.72. The molecule has 7 heteroatoms. The summed E-state index contributed by atoms with van der Waals surface area (Å²) in [5, 5.41) is 7.61. The summed E-state index contributed by atoms with van der Waals surface area (Å²) in [4.78, 5) is 7.31. The van der Waals surface area contributed by atoms with E-state index in [2.05, 4.69) is 36.3 Å². The Balaban J connectivity index is 0.00000240. The van der Waals surface area contributed by atoms with Crippen molar-refractivity contribution in [3.05, 3.63) is 0 Å². The zero-order valence-electron chi connectivity index (χ0n) is 18.5. The van der Waals surface area contributed by atoms with Crippen LogP contribution in [0, 0.1) is 11.3 Å². The molecule has 2 aliphatic heterocycles. The zero-order chi connectivity index (χ0) is 19.6. The normalized spacial score (nSPS) is 31.7. The number of ether oxygens (including phenoxy) is 2. The molecule has 2 heterocycles. The van der Waals surface area contributed by atoms with Crippen LogP contribution in [0.25, 0.3) is 0 Å². The Kier molecular flexibility index (Phi) is 8.49. The smallest absolute Gasteiger partial charge is 0.191 e. The topological polar surface area (TPSA) is 58.1 Å². The Labute approximate surface area is 194 Å². The number of halogens is 1. The van der Waals surface area contributed by atoms with Crippen LogP contribution in [0.15, 0.2) is 4.99 Å². The maximum absolute atomic E-state index is 6.07. The van der Waals surface area contributed by atoms with Crippen molar-refractivity contribution in [1.82, 2.24) is 15.5 Å². The van der Waals surface area contributed by atoms with Gasteiger partial charge in [0.05, 0.1) is 18.8 Å². The number of piperidine rings is 1. The van der Waals surface area contributed by atoms with Crippen molar-refractivity contribution in [2.24, 2.45) is 16.3 Å². The number of nitrogens with zero attached hydrogens (tertiary/aromatic N) is 2. The molecule has 4 aliphatic rings. The molecule has 4 rings (SSSR count). The van der Waals surface area contributed by atoms with Crippen molar-refractivity contribution in [2.75, 3.05) is 39.4 Å². The highest BCUT2D eigenvalue weighted by Crippen LogP contribution is 2.62. The molecule has 0 aromatic carbocycles. The fraction of sp³-hybridized carbons (Fsp3) is 0.955. The van der Waals surface area contributed by atoms with Crippen molar-refractivity contribution in [3.63, 3.8) is 0 Å². The van der Waals surface area contributed by atoms with E-state index in [4.69, 9.17) is 14.5 Å². The van der Waals surface area contributed by atoms with E-state index >= 15 is 0 Å². The first-order valence-corrected chi connectivity index (χ1v) is 11.7. The minimum Gasteiger partial charge on any atom is -0.377 e. The van der Waals surface area contributed by atoms with Crippen molar-refractivity contribution >= 4 is 29.9 Å². The quantitative estimate of drug-likeness (QED) is 0.307. The Morgan fingerprint density at radius 1 is 1.21 bits per heavy atom. The van der Waals surface area contributed by atoms with Gasteiger partial charge in [-0.05, 0) is 52.9 Å². The molecule has 29 heavy (non-hydrogen) atoms. The van der Waals surface area contributed by atoms with Crippen LogP contribution in [0.4, 0.5) is 0 Å². The van der Waals surface area contributed by atoms with Gasteiger partial charge in [0, 0.05) is 56.2 Å².